The first-order valence-corrected chi connectivity index (χ1v) is 7.44. The van der Waals surface area contributed by atoms with Crippen LogP contribution in [-0.2, 0) is 13.0 Å². The molecule has 0 fully saturated rings. The zero-order chi connectivity index (χ0) is 14.6. The minimum atomic E-state index is 0.0213. The van der Waals surface area contributed by atoms with Crippen LogP contribution in [0.2, 0.25) is 10.0 Å². The average molecular weight is 308 g/mol. The minimum Gasteiger partial charge on any atom is -0.307 e. The Morgan fingerprint density at radius 1 is 0.800 bits per heavy atom. The Balaban J connectivity index is 1.93. The van der Waals surface area contributed by atoms with Crippen molar-refractivity contribution >= 4 is 23.2 Å². The summed E-state index contributed by atoms with van der Waals surface area (Å²) in [4.78, 5) is 0. The van der Waals surface area contributed by atoms with Crippen molar-refractivity contribution in [3.05, 3.63) is 69.7 Å². The zero-order valence-corrected chi connectivity index (χ0v) is 13.3. The van der Waals surface area contributed by atoms with Crippen molar-refractivity contribution < 1.29 is 0 Å². The number of nitrogens with one attached hydrogen (secondary N) is 1. The predicted octanol–water partition coefficient (Wildman–Crippen LogP) is 5.10. The van der Waals surface area contributed by atoms with Crippen molar-refractivity contribution in [3.63, 3.8) is 0 Å². The molecule has 2 aromatic rings. The number of benzene rings is 2. The highest BCUT2D eigenvalue weighted by atomic mass is 35.5. The molecule has 0 heterocycles. The van der Waals surface area contributed by atoms with E-state index in [4.69, 9.17) is 23.2 Å². The van der Waals surface area contributed by atoms with Crippen LogP contribution < -0.4 is 5.32 Å². The smallest absolute Gasteiger partial charge is 0.0406 e. The first-order chi connectivity index (χ1) is 9.44. The molecule has 0 aromatic heterocycles. The first-order valence-electron chi connectivity index (χ1n) is 6.68. The van der Waals surface area contributed by atoms with E-state index in [9.17, 15) is 0 Å². The average Bonchev–Trinajstić information content (AvgIpc) is 2.41. The van der Waals surface area contributed by atoms with Gasteiger partial charge in [-0.3, -0.25) is 0 Å². The second-order valence-electron chi connectivity index (χ2n) is 5.67. The Morgan fingerprint density at radius 3 is 1.75 bits per heavy atom. The van der Waals surface area contributed by atoms with Crippen molar-refractivity contribution in [2.24, 2.45) is 0 Å². The van der Waals surface area contributed by atoms with Gasteiger partial charge >= 0.3 is 0 Å². The van der Waals surface area contributed by atoms with Gasteiger partial charge in [0.05, 0.1) is 0 Å². The summed E-state index contributed by atoms with van der Waals surface area (Å²) in [6.07, 6.45) is 0.956. The van der Waals surface area contributed by atoms with Crippen molar-refractivity contribution in [2.75, 3.05) is 0 Å². The quantitative estimate of drug-likeness (QED) is 0.810. The second-order valence-corrected chi connectivity index (χ2v) is 6.54. The molecule has 0 atom stereocenters. The molecule has 0 bridgehead atoms. The summed E-state index contributed by atoms with van der Waals surface area (Å²) in [5.41, 5.74) is 2.54. The normalized spacial score (nSPS) is 11.6. The van der Waals surface area contributed by atoms with Crippen LogP contribution in [0.4, 0.5) is 0 Å². The third-order valence-electron chi connectivity index (χ3n) is 3.24. The fraction of sp³-hybridized carbons (Fsp3) is 0.294. The molecule has 0 aliphatic rings. The van der Waals surface area contributed by atoms with Gasteiger partial charge in [0, 0.05) is 22.1 Å². The van der Waals surface area contributed by atoms with E-state index < -0.39 is 0 Å². The lowest BCUT2D eigenvalue weighted by Gasteiger charge is -2.27. The standard InChI is InChI=1S/C17H19Cl2N/c1-17(2,11-13-3-7-15(18)8-4-13)20-12-14-5-9-16(19)10-6-14/h3-10,20H,11-12H2,1-2H3. The van der Waals surface area contributed by atoms with Crippen LogP contribution >= 0.6 is 23.2 Å². The van der Waals surface area contributed by atoms with Gasteiger partial charge in [-0.25, -0.2) is 0 Å². The molecule has 0 spiro atoms. The van der Waals surface area contributed by atoms with Crippen molar-refractivity contribution in [2.45, 2.75) is 32.4 Å². The van der Waals surface area contributed by atoms with E-state index in [0.29, 0.717) is 0 Å². The lowest BCUT2D eigenvalue weighted by atomic mass is 9.94. The molecular formula is C17H19Cl2N. The molecule has 106 valence electrons. The fourth-order valence-electron chi connectivity index (χ4n) is 2.12. The molecule has 1 nitrogen and oxygen atoms in total. The Morgan fingerprint density at radius 2 is 1.25 bits per heavy atom. The molecule has 2 rings (SSSR count). The van der Waals surface area contributed by atoms with Crippen molar-refractivity contribution in [3.8, 4) is 0 Å². The summed E-state index contributed by atoms with van der Waals surface area (Å²) in [6.45, 7) is 5.24. The van der Waals surface area contributed by atoms with Crippen LogP contribution in [-0.4, -0.2) is 5.54 Å². The fourth-order valence-corrected chi connectivity index (χ4v) is 2.37. The molecule has 0 radical (unpaired) electrons. The van der Waals surface area contributed by atoms with E-state index in [2.05, 4.69) is 31.3 Å². The van der Waals surface area contributed by atoms with E-state index >= 15 is 0 Å². The molecule has 0 saturated heterocycles. The van der Waals surface area contributed by atoms with Crippen molar-refractivity contribution in [1.29, 1.82) is 0 Å². The van der Waals surface area contributed by atoms with Crippen LogP contribution in [0.15, 0.2) is 48.5 Å². The highest BCUT2D eigenvalue weighted by molar-refractivity contribution is 6.30. The molecule has 0 aliphatic carbocycles. The predicted molar refractivity (Wildman–Crippen MR) is 87.5 cm³/mol. The number of rotatable bonds is 5. The third kappa shape index (κ3) is 4.82. The summed E-state index contributed by atoms with van der Waals surface area (Å²) in [5, 5.41) is 5.13. The van der Waals surface area contributed by atoms with Gasteiger partial charge in [-0.1, -0.05) is 47.5 Å². The molecule has 1 N–H and O–H groups in total. The molecule has 3 heteroatoms. The highest BCUT2D eigenvalue weighted by Gasteiger charge is 2.17. The summed E-state index contributed by atoms with van der Waals surface area (Å²) in [7, 11) is 0. The number of halogens is 2. The van der Waals surface area contributed by atoms with Gasteiger partial charge in [-0.15, -0.1) is 0 Å². The molecule has 0 unspecified atom stereocenters. The Kier molecular flexibility index (Phi) is 5.09. The lowest BCUT2D eigenvalue weighted by Crippen LogP contribution is -2.40. The van der Waals surface area contributed by atoms with Gasteiger partial charge in [-0.2, -0.15) is 0 Å². The van der Waals surface area contributed by atoms with E-state index in [1.165, 1.54) is 11.1 Å². The molecule has 0 saturated carbocycles. The number of hydrogen-bond acceptors (Lipinski definition) is 1. The van der Waals surface area contributed by atoms with Crippen LogP contribution in [0.25, 0.3) is 0 Å². The van der Waals surface area contributed by atoms with E-state index in [0.717, 1.165) is 23.0 Å². The summed E-state index contributed by atoms with van der Waals surface area (Å²) >= 11 is 11.8. The van der Waals surface area contributed by atoms with Gasteiger partial charge < -0.3 is 5.32 Å². The monoisotopic (exact) mass is 307 g/mol. The van der Waals surface area contributed by atoms with E-state index in [1.807, 2.05) is 36.4 Å². The Labute approximate surface area is 130 Å². The molecule has 2 aromatic carbocycles. The maximum atomic E-state index is 5.91. The van der Waals surface area contributed by atoms with E-state index in [-0.39, 0.29) is 5.54 Å². The summed E-state index contributed by atoms with van der Waals surface area (Å²) in [5.74, 6) is 0. The van der Waals surface area contributed by atoms with Gasteiger partial charge in [-0.05, 0) is 55.7 Å². The van der Waals surface area contributed by atoms with Crippen molar-refractivity contribution in [1.82, 2.24) is 5.32 Å². The van der Waals surface area contributed by atoms with Gasteiger partial charge in [0.15, 0.2) is 0 Å². The molecule has 20 heavy (non-hydrogen) atoms. The minimum absolute atomic E-state index is 0.0213. The topological polar surface area (TPSA) is 12.0 Å². The Bertz CT molecular complexity index is 544. The highest BCUT2D eigenvalue weighted by Crippen LogP contribution is 2.17. The molecular weight excluding hydrogens is 289 g/mol. The lowest BCUT2D eigenvalue weighted by molar-refractivity contribution is 0.384. The Hall–Kier alpha value is -1.02. The summed E-state index contributed by atoms with van der Waals surface area (Å²) in [6, 6.07) is 16.0. The van der Waals surface area contributed by atoms with E-state index in [1.54, 1.807) is 0 Å². The maximum absolute atomic E-state index is 5.91. The first kappa shape index (κ1) is 15.4. The zero-order valence-electron chi connectivity index (χ0n) is 11.8. The van der Waals surface area contributed by atoms with Crippen LogP contribution in [0.1, 0.15) is 25.0 Å². The van der Waals surface area contributed by atoms with Gasteiger partial charge in [0.1, 0.15) is 0 Å². The number of hydrogen-bond donors (Lipinski definition) is 1. The van der Waals surface area contributed by atoms with Crippen LogP contribution in [0.3, 0.4) is 0 Å². The SMILES string of the molecule is CC(C)(Cc1ccc(Cl)cc1)NCc1ccc(Cl)cc1. The van der Waals surface area contributed by atoms with Gasteiger partial charge in [0.2, 0.25) is 0 Å². The van der Waals surface area contributed by atoms with Gasteiger partial charge in [0.25, 0.3) is 0 Å². The van der Waals surface area contributed by atoms with Crippen LogP contribution in [0.5, 0.6) is 0 Å². The second kappa shape index (κ2) is 6.62. The summed E-state index contributed by atoms with van der Waals surface area (Å²) < 4.78 is 0. The molecule has 0 amide bonds. The largest absolute Gasteiger partial charge is 0.307 e. The molecule has 0 aliphatic heterocycles. The maximum Gasteiger partial charge on any atom is 0.0406 e. The van der Waals surface area contributed by atoms with Crippen LogP contribution in [0, 0.1) is 0 Å². The third-order valence-corrected chi connectivity index (χ3v) is 3.75.